The van der Waals surface area contributed by atoms with Crippen LogP contribution in [0.1, 0.15) is 57.2 Å². The van der Waals surface area contributed by atoms with Gasteiger partial charge in [-0.3, -0.25) is 0 Å². The second-order valence-corrected chi connectivity index (χ2v) is 7.79. The number of hydrogen-bond donors (Lipinski definition) is 2. The highest BCUT2D eigenvalue weighted by Gasteiger charge is 2.20. The number of nitrogens with zero attached hydrogens (tertiary/aromatic N) is 4. The standard InChI is InChI=1S/C21H32N6.HI/c1-4-22-20(24-16-21(2,3)17-11-7-5-8-12-17)23-15-19-26-25-18-13-9-6-10-14-27(18)19;/h5,7-8,11-12H,4,6,9-10,13-16H2,1-3H3,(H2,22,23,24);1H. The van der Waals surface area contributed by atoms with Crippen molar-refractivity contribution in [1.82, 2.24) is 25.4 Å². The van der Waals surface area contributed by atoms with Crippen LogP contribution in [0.5, 0.6) is 0 Å². The molecule has 0 spiro atoms. The minimum Gasteiger partial charge on any atom is -0.357 e. The van der Waals surface area contributed by atoms with Crippen molar-refractivity contribution in [2.75, 3.05) is 13.1 Å². The molecule has 2 aromatic rings. The van der Waals surface area contributed by atoms with Crippen molar-refractivity contribution < 1.29 is 0 Å². The third-order valence-corrected chi connectivity index (χ3v) is 5.16. The number of aryl methyl sites for hydroxylation is 1. The van der Waals surface area contributed by atoms with E-state index in [1.807, 2.05) is 0 Å². The van der Waals surface area contributed by atoms with Crippen LogP contribution < -0.4 is 10.6 Å². The third kappa shape index (κ3) is 5.93. The second kappa shape index (κ2) is 10.8. The van der Waals surface area contributed by atoms with Gasteiger partial charge in [-0.1, -0.05) is 50.6 Å². The molecule has 1 aliphatic rings. The van der Waals surface area contributed by atoms with E-state index in [2.05, 4.69) is 76.5 Å². The minimum absolute atomic E-state index is 0. The quantitative estimate of drug-likeness (QED) is 0.364. The first-order valence-corrected chi connectivity index (χ1v) is 10.1. The van der Waals surface area contributed by atoms with Gasteiger partial charge in [0.2, 0.25) is 0 Å². The molecule has 0 fully saturated rings. The molecule has 0 saturated heterocycles. The Bertz CT molecular complexity index is 754. The topological polar surface area (TPSA) is 67.1 Å². The van der Waals surface area contributed by atoms with Crippen LogP contribution in [0.2, 0.25) is 0 Å². The monoisotopic (exact) mass is 496 g/mol. The van der Waals surface area contributed by atoms with Crippen LogP contribution in [0.25, 0.3) is 0 Å². The van der Waals surface area contributed by atoms with E-state index in [1.165, 1.54) is 24.8 Å². The molecule has 0 atom stereocenters. The average Bonchev–Trinajstić information content (AvgIpc) is 2.91. The smallest absolute Gasteiger partial charge is 0.191 e. The van der Waals surface area contributed by atoms with Crippen molar-refractivity contribution in [1.29, 1.82) is 0 Å². The lowest BCUT2D eigenvalue weighted by atomic mass is 9.85. The maximum atomic E-state index is 4.76. The highest BCUT2D eigenvalue weighted by Crippen LogP contribution is 2.21. The average molecular weight is 496 g/mol. The van der Waals surface area contributed by atoms with Crippen LogP contribution in [0, 0.1) is 0 Å². The maximum absolute atomic E-state index is 4.76. The van der Waals surface area contributed by atoms with E-state index >= 15 is 0 Å². The van der Waals surface area contributed by atoms with Crippen LogP contribution >= 0.6 is 24.0 Å². The fraction of sp³-hybridized carbons (Fsp3) is 0.571. The van der Waals surface area contributed by atoms with E-state index in [-0.39, 0.29) is 29.4 Å². The van der Waals surface area contributed by atoms with E-state index in [0.29, 0.717) is 6.54 Å². The number of aliphatic imine (C=N–C) groups is 1. The molecule has 28 heavy (non-hydrogen) atoms. The van der Waals surface area contributed by atoms with Gasteiger partial charge in [0.15, 0.2) is 11.8 Å². The van der Waals surface area contributed by atoms with E-state index in [9.17, 15) is 0 Å². The largest absolute Gasteiger partial charge is 0.357 e. The molecular weight excluding hydrogens is 463 g/mol. The summed E-state index contributed by atoms with van der Waals surface area (Å²) in [6.07, 6.45) is 4.70. The Morgan fingerprint density at radius 3 is 2.64 bits per heavy atom. The number of rotatable bonds is 6. The SMILES string of the molecule is CCNC(=NCc1nnc2n1CCCCC2)NCC(C)(C)c1ccccc1.I. The lowest BCUT2D eigenvalue weighted by Gasteiger charge is -2.26. The molecule has 0 unspecified atom stereocenters. The Labute approximate surface area is 185 Å². The predicted octanol–water partition coefficient (Wildman–Crippen LogP) is 3.66. The van der Waals surface area contributed by atoms with Crippen molar-refractivity contribution >= 4 is 29.9 Å². The minimum atomic E-state index is 0. The molecule has 154 valence electrons. The first-order valence-electron chi connectivity index (χ1n) is 10.1. The van der Waals surface area contributed by atoms with Gasteiger partial charge in [0, 0.05) is 31.5 Å². The van der Waals surface area contributed by atoms with Crippen molar-refractivity contribution in [2.24, 2.45) is 4.99 Å². The van der Waals surface area contributed by atoms with E-state index in [4.69, 9.17) is 4.99 Å². The number of hydrogen-bond acceptors (Lipinski definition) is 3. The Hall–Kier alpha value is -1.64. The zero-order valence-electron chi connectivity index (χ0n) is 17.2. The Balaban J connectivity index is 0.00000280. The Kier molecular flexibility index (Phi) is 8.72. The van der Waals surface area contributed by atoms with Crippen molar-refractivity contribution in [3.05, 3.63) is 47.5 Å². The summed E-state index contributed by atoms with van der Waals surface area (Å²) in [6, 6.07) is 10.6. The molecule has 2 N–H and O–H groups in total. The molecule has 1 aliphatic heterocycles. The zero-order valence-corrected chi connectivity index (χ0v) is 19.6. The normalized spacial score (nSPS) is 14.6. The molecular formula is C21H33IN6. The molecule has 7 heteroatoms. The molecule has 0 amide bonds. The van der Waals surface area contributed by atoms with Crippen LogP contribution in [-0.2, 0) is 24.9 Å². The molecule has 0 aliphatic carbocycles. The van der Waals surface area contributed by atoms with Gasteiger partial charge in [-0.2, -0.15) is 0 Å². The zero-order chi connectivity index (χ0) is 19.1. The molecule has 1 aromatic heterocycles. The fourth-order valence-electron chi connectivity index (χ4n) is 3.45. The van der Waals surface area contributed by atoms with Gasteiger partial charge < -0.3 is 15.2 Å². The van der Waals surface area contributed by atoms with Crippen LogP contribution in [0.15, 0.2) is 35.3 Å². The number of fused-ring (bicyclic) bond motifs is 1. The number of nitrogens with one attached hydrogen (secondary N) is 2. The third-order valence-electron chi connectivity index (χ3n) is 5.16. The summed E-state index contributed by atoms with van der Waals surface area (Å²) in [5, 5.41) is 15.6. The number of halogens is 1. The lowest BCUT2D eigenvalue weighted by Crippen LogP contribution is -2.43. The van der Waals surface area contributed by atoms with Gasteiger partial charge in [-0.05, 0) is 25.3 Å². The van der Waals surface area contributed by atoms with Crippen molar-refractivity contribution in [3.8, 4) is 0 Å². The molecule has 2 heterocycles. The first kappa shape index (κ1) is 22.6. The Morgan fingerprint density at radius 2 is 1.89 bits per heavy atom. The van der Waals surface area contributed by atoms with Crippen LogP contribution in [0.3, 0.4) is 0 Å². The predicted molar refractivity (Wildman–Crippen MR) is 125 cm³/mol. The van der Waals surface area contributed by atoms with Gasteiger partial charge >= 0.3 is 0 Å². The van der Waals surface area contributed by atoms with Gasteiger partial charge in [0.1, 0.15) is 12.4 Å². The number of guanidine groups is 1. The maximum Gasteiger partial charge on any atom is 0.191 e. The molecule has 6 nitrogen and oxygen atoms in total. The van der Waals surface area contributed by atoms with Gasteiger partial charge in [0.25, 0.3) is 0 Å². The summed E-state index contributed by atoms with van der Waals surface area (Å²) in [4.78, 5) is 4.76. The summed E-state index contributed by atoms with van der Waals surface area (Å²) in [5.41, 5.74) is 1.33. The Morgan fingerprint density at radius 1 is 1.11 bits per heavy atom. The molecule has 0 saturated carbocycles. The lowest BCUT2D eigenvalue weighted by molar-refractivity contribution is 0.508. The molecule has 0 bridgehead atoms. The molecule has 3 rings (SSSR count). The fourth-order valence-corrected chi connectivity index (χ4v) is 3.45. The highest BCUT2D eigenvalue weighted by atomic mass is 127. The first-order chi connectivity index (χ1) is 13.1. The van der Waals surface area contributed by atoms with E-state index in [1.54, 1.807) is 0 Å². The van der Waals surface area contributed by atoms with Gasteiger partial charge in [-0.25, -0.2) is 4.99 Å². The molecule has 0 radical (unpaired) electrons. The van der Waals surface area contributed by atoms with Crippen LogP contribution in [0.4, 0.5) is 0 Å². The summed E-state index contributed by atoms with van der Waals surface area (Å²) >= 11 is 0. The summed E-state index contributed by atoms with van der Waals surface area (Å²) in [7, 11) is 0. The summed E-state index contributed by atoms with van der Waals surface area (Å²) in [5.74, 6) is 2.90. The van der Waals surface area contributed by atoms with Crippen LogP contribution in [-0.4, -0.2) is 33.8 Å². The van der Waals surface area contributed by atoms with Gasteiger partial charge in [0.05, 0.1) is 0 Å². The van der Waals surface area contributed by atoms with Crippen molar-refractivity contribution in [2.45, 2.75) is 65.0 Å². The second-order valence-electron chi connectivity index (χ2n) is 7.79. The van der Waals surface area contributed by atoms with Gasteiger partial charge in [-0.15, -0.1) is 34.2 Å². The van der Waals surface area contributed by atoms with E-state index < -0.39 is 0 Å². The summed E-state index contributed by atoms with van der Waals surface area (Å²) < 4.78 is 2.26. The number of aromatic nitrogens is 3. The van der Waals surface area contributed by atoms with E-state index in [0.717, 1.165) is 43.7 Å². The number of benzene rings is 1. The summed E-state index contributed by atoms with van der Waals surface area (Å²) in [6.45, 7) is 9.78. The molecule has 1 aromatic carbocycles. The highest BCUT2D eigenvalue weighted by molar-refractivity contribution is 14.0. The van der Waals surface area contributed by atoms with Crippen molar-refractivity contribution in [3.63, 3.8) is 0 Å².